The minimum absolute atomic E-state index is 0. The third-order valence-electron chi connectivity index (χ3n) is 1.49. The van der Waals surface area contributed by atoms with E-state index in [2.05, 4.69) is 0 Å². The third-order valence-corrected chi connectivity index (χ3v) is 3.19. The Bertz CT molecular complexity index is 449. The summed E-state index contributed by atoms with van der Waals surface area (Å²) in [5.74, 6) is 0. The van der Waals surface area contributed by atoms with Crippen LogP contribution in [0.5, 0.6) is 0 Å². The number of rotatable bonds is 0. The molecule has 0 saturated heterocycles. The predicted molar refractivity (Wildman–Crippen MR) is 67.4 cm³/mol. The summed E-state index contributed by atoms with van der Waals surface area (Å²) in [6.07, 6.45) is 0. The fraction of sp³-hybridized carbons (Fsp3) is 0. The summed E-state index contributed by atoms with van der Waals surface area (Å²) in [6, 6.07) is 3.50. The molecule has 0 saturated carbocycles. The number of halogens is 4. The molecule has 72 valence electrons. The van der Waals surface area contributed by atoms with Crippen LogP contribution in [0.2, 0.25) is 20.1 Å². The van der Waals surface area contributed by atoms with Crippen LogP contribution in [-0.4, -0.2) is 59.1 Å². The number of nitrogens with zero attached hydrogens (tertiary/aromatic N) is 2. The van der Waals surface area contributed by atoms with Crippen LogP contribution in [0.1, 0.15) is 11.1 Å². The molecule has 0 heterocycles. The Morgan fingerprint density at radius 3 is 1.19 bits per heavy atom. The first-order valence-corrected chi connectivity index (χ1v) is 4.72. The topological polar surface area (TPSA) is 47.6 Å². The summed E-state index contributed by atoms with van der Waals surface area (Å²) in [5, 5.41) is 17.2. The van der Waals surface area contributed by atoms with Crippen molar-refractivity contribution in [3.05, 3.63) is 31.2 Å². The summed E-state index contributed by atoms with van der Waals surface area (Å²) >= 11 is 22.8. The van der Waals surface area contributed by atoms with Crippen molar-refractivity contribution in [1.82, 2.24) is 0 Å². The van der Waals surface area contributed by atoms with Crippen molar-refractivity contribution in [2.24, 2.45) is 0 Å². The SMILES string of the molecule is N#Cc1c(Cl)c(Cl)c(Cl)c(C#N)c1Cl.[Na].[Na]. The van der Waals surface area contributed by atoms with E-state index in [0.717, 1.165) is 0 Å². The van der Waals surface area contributed by atoms with Crippen LogP contribution in [0.4, 0.5) is 0 Å². The maximum Gasteiger partial charge on any atom is 0.102 e. The average Bonchev–Trinajstić information content (AvgIpc) is 2.16. The molecule has 0 aromatic heterocycles. The molecule has 1 aromatic carbocycles. The van der Waals surface area contributed by atoms with E-state index in [0.29, 0.717) is 0 Å². The van der Waals surface area contributed by atoms with E-state index in [1.54, 1.807) is 12.1 Å². The zero-order chi connectivity index (χ0) is 10.9. The molecule has 0 aliphatic carbocycles. The maximum absolute atomic E-state index is 8.70. The van der Waals surface area contributed by atoms with Gasteiger partial charge in [0.05, 0.1) is 31.2 Å². The minimum atomic E-state index is -0.0746. The largest absolute Gasteiger partial charge is 0.192 e. The smallest absolute Gasteiger partial charge is 0.102 e. The van der Waals surface area contributed by atoms with E-state index in [-0.39, 0.29) is 90.3 Å². The second kappa shape index (κ2) is 8.46. The second-order valence-corrected chi connectivity index (χ2v) is 3.74. The summed E-state index contributed by atoms with van der Waals surface area (Å²) in [5.41, 5.74) is -0.0847. The molecule has 0 N–H and O–H groups in total. The van der Waals surface area contributed by atoms with Gasteiger partial charge in [0.2, 0.25) is 0 Å². The van der Waals surface area contributed by atoms with Crippen LogP contribution in [0, 0.1) is 22.7 Å². The van der Waals surface area contributed by atoms with Crippen molar-refractivity contribution < 1.29 is 0 Å². The molecular weight excluding hydrogens is 312 g/mol. The van der Waals surface area contributed by atoms with Crippen LogP contribution >= 0.6 is 46.4 Å². The van der Waals surface area contributed by atoms with Crippen molar-refractivity contribution in [3.63, 3.8) is 0 Å². The third kappa shape index (κ3) is 3.67. The molecule has 0 atom stereocenters. The number of benzene rings is 1. The summed E-state index contributed by atoms with van der Waals surface area (Å²) in [7, 11) is 0. The quantitative estimate of drug-likeness (QED) is 0.419. The Morgan fingerprint density at radius 2 is 0.938 bits per heavy atom. The van der Waals surface area contributed by atoms with Crippen LogP contribution in [0.15, 0.2) is 0 Å². The molecule has 8 heteroatoms. The molecular formula is C8Cl4N2Na2. The van der Waals surface area contributed by atoms with Crippen LogP contribution < -0.4 is 0 Å². The Labute approximate surface area is 157 Å². The molecule has 1 aromatic rings. The molecule has 0 bridgehead atoms. The first kappa shape index (κ1) is 19.7. The van der Waals surface area contributed by atoms with Gasteiger partial charge >= 0.3 is 0 Å². The molecule has 0 fully saturated rings. The van der Waals surface area contributed by atoms with Gasteiger partial charge in [-0.15, -0.1) is 0 Å². The molecule has 1 rings (SSSR count). The van der Waals surface area contributed by atoms with Crippen molar-refractivity contribution in [2.75, 3.05) is 0 Å². The second-order valence-electron chi connectivity index (χ2n) is 2.23. The van der Waals surface area contributed by atoms with Gasteiger partial charge < -0.3 is 0 Å². The molecule has 2 nitrogen and oxygen atoms in total. The normalized spacial score (nSPS) is 8.12. The zero-order valence-electron chi connectivity index (χ0n) is 8.41. The van der Waals surface area contributed by atoms with E-state index in [4.69, 9.17) is 56.9 Å². The van der Waals surface area contributed by atoms with E-state index < -0.39 is 0 Å². The van der Waals surface area contributed by atoms with Gasteiger partial charge in [-0.05, 0) is 0 Å². The van der Waals surface area contributed by atoms with Gasteiger partial charge in [-0.1, -0.05) is 46.4 Å². The van der Waals surface area contributed by atoms with Crippen LogP contribution in [-0.2, 0) is 0 Å². The molecule has 2 radical (unpaired) electrons. The average molecular weight is 312 g/mol. The monoisotopic (exact) mass is 310 g/mol. The van der Waals surface area contributed by atoms with E-state index in [1.165, 1.54) is 0 Å². The Morgan fingerprint density at radius 1 is 0.625 bits per heavy atom. The van der Waals surface area contributed by atoms with Crippen LogP contribution in [0.25, 0.3) is 0 Å². The fourth-order valence-corrected chi connectivity index (χ4v) is 1.90. The van der Waals surface area contributed by atoms with Gasteiger partial charge in [0, 0.05) is 59.1 Å². The summed E-state index contributed by atoms with van der Waals surface area (Å²) < 4.78 is 0. The maximum atomic E-state index is 8.70. The van der Waals surface area contributed by atoms with Crippen molar-refractivity contribution >= 4 is 106 Å². The Kier molecular flexibility index (Phi) is 10.4. The molecule has 0 spiro atoms. The van der Waals surface area contributed by atoms with E-state index in [9.17, 15) is 0 Å². The number of nitriles is 2. The molecule has 0 unspecified atom stereocenters. The predicted octanol–water partition coefficient (Wildman–Crippen LogP) is 3.28. The molecule has 16 heavy (non-hydrogen) atoms. The Balaban J connectivity index is 0. The van der Waals surface area contributed by atoms with Gasteiger partial charge in [-0.2, -0.15) is 10.5 Å². The zero-order valence-corrected chi connectivity index (χ0v) is 15.4. The first-order valence-electron chi connectivity index (χ1n) is 3.20. The van der Waals surface area contributed by atoms with Gasteiger partial charge in [-0.25, -0.2) is 0 Å². The minimum Gasteiger partial charge on any atom is -0.192 e. The van der Waals surface area contributed by atoms with E-state index in [1.807, 2.05) is 0 Å². The summed E-state index contributed by atoms with van der Waals surface area (Å²) in [6.45, 7) is 0. The van der Waals surface area contributed by atoms with Gasteiger partial charge in [-0.3, -0.25) is 0 Å². The molecule has 0 aliphatic rings. The standard InChI is InChI=1S/C8Cl4N2.2Na/c9-5-3(1-13)6(10)8(12)7(11)4(5)2-14;;. The van der Waals surface area contributed by atoms with Crippen molar-refractivity contribution in [2.45, 2.75) is 0 Å². The van der Waals surface area contributed by atoms with Gasteiger partial charge in [0.25, 0.3) is 0 Å². The number of hydrogen-bond donors (Lipinski definition) is 0. The van der Waals surface area contributed by atoms with E-state index >= 15 is 0 Å². The van der Waals surface area contributed by atoms with Gasteiger partial charge in [0.15, 0.2) is 0 Å². The first-order chi connectivity index (χ1) is 6.54. The summed E-state index contributed by atoms with van der Waals surface area (Å²) in [4.78, 5) is 0. The van der Waals surface area contributed by atoms with Crippen molar-refractivity contribution in [3.8, 4) is 12.1 Å². The van der Waals surface area contributed by atoms with Gasteiger partial charge in [0.1, 0.15) is 12.1 Å². The van der Waals surface area contributed by atoms with Crippen LogP contribution in [0.3, 0.4) is 0 Å². The Hall–Kier alpha value is 1.36. The molecule has 0 aliphatic heterocycles. The van der Waals surface area contributed by atoms with Crippen molar-refractivity contribution in [1.29, 1.82) is 10.5 Å². The number of hydrogen-bond acceptors (Lipinski definition) is 2. The fourth-order valence-electron chi connectivity index (χ4n) is 0.830. The molecule has 0 amide bonds.